The van der Waals surface area contributed by atoms with Crippen LogP contribution in [0.4, 0.5) is 0 Å². The summed E-state index contributed by atoms with van der Waals surface area (Å²) in [5, 5.41) is 9.51. The number of aromatic nitrogens is 2. The van der Waals surface area contributed by atoms with Gasteiger partial charge in [-0.15, -0.1) is 0 Å². The first-order chi connectivity index (χ1) is 10.1. The molecule has 1 heterocycles. The van der Waals surface area contributed by atoms with E-state index in [-0.39, 0.29) is 0 Å². The summed E-state index contributed by atoms with van der Waals surface area (Å²) in [5.41, 5.74) is 0.0863. The van der Waals surface area contributed by atoms with Gasteiger partial charge in [-0.2, -0.15) is 0 Å². The van der Waals surface area contributed by atoms with Crippen LogP contribution in [-0.2, 0) is 0 Å². The minimum Gasteiger partial charge on any atom is -0.476 e. The highest BCUT2D eigenvalue weighted by Gasteiger charge is 2.18. The van der Waals surface area contributed by atoms with Crippen molar-refractivity contribution in [2.75, 3.05) is 0 Å². The molecule has 1 N–H and O–H groups in total. The molecule has 0 aliphatic carbocycles. The number of carbonyl (C=O) groups is 1. The van der Waals surface area contributed by atoms with Crippen LogP contribution in [0, 0.1) is 0 Å². The lowest BCUT2D eigenvalue weighted by molar-refractivity contribution is 0.0688. The number of halogens is 1. The standard InChI is InChI=1S/C15H9ClN2O3/c16-9-5-1-3-7-11(9)18-12-8-4-2-6-10(12)17-13(14(18)19)15(20)21/h1-8H,(H,20,21). The monoisotopic (exact) mass is 300 g/mol. The third kappa shape index (κ3) is 2.17. The number of nitrogens with zero attached hydrogens (tertiary/aromatic N) is 2. The van der Waals surface area contributed by atoms with E-state index in [1.165, 1.54) is 4.57 Å². The lowest BCUT2D eigenvalue weighted by Crippen LogP contribution is -2.27. The maximum absolute atomic E-state index is 12.4. The molecule has 6 heteroatoms. The second-order valence-electron chi connectivity index (χ2n) is 4.35. The molecule has 5 nitrogen and oxygen atoms in total. The number of para-hydroxylation sites is 3. The Morgan fingerprint density at radius 1 is 1.10 bits per heavy atom. The van der Waals surface area contributed by atoms with Gasteiger partial charge in [0.2, 0.25) is 5.69 Å². The summed E-state index contributed by atoms with van der Waals surface area (Å²) in [5.74, 6) is -1.37. The minimum absolute atomic E-state index is 0.354. The SMILES string of the molecule is O=C(O)c1nc2ccccc2n(-c2ccccc2Cl)c1=O. The molecule has 0 saturated heterocycles. The lowest BCUT2D eigenvalue weighted by Gasteiger charge is -2.12. The third-order valence-corrected chi connectivity index (χ3v) is 3.38. The first-order valence-electron chi connectivity index (χ1n) is 6.09. The predicted molar refractivity (Wildman–Crippen MR) is 79.3 cm³/mol. The van der Waals surface area contributed by atoms with Gasteiger partial charge in [-0.25, -0.2) is 9.78 Å². The fourth-order valence-corrected chi connectivity index (χ4v) is 2.36. The number of carboxylic acids is 1. The lowest BCUT2D eigenvalue weighted by atomic mass is 10.2. The highest BCUT2D eigenvalue weighted by atomic mass is 35.5. The zero-order chi connectivity index (χ0) is 15.0. The van der Waals surface area contributed by atoms with E-state index in [2.05, 4.69) is 4.98 Å². The number of carboxylic acid groups (broad SMARTS) is 1. The number of rotatable bonds is 2. The molecule has 0 amide bonds. The Morgan fingerprint density at radius 2 is 1.76 bits per heavy atom. The largest absolute Gasteiger partial charge is 0.476 e. The van der Waals surface area contributed by atoms with Crippen molar-refractivity contribution >= 4 is 28.6 Å². The summed E-state index contributed by atoms with van der Waals surface area (Å²) < 4.78 is 1.27. The molecule has 3 rings (SSSR count). The average Bonchev–Trinajstić information content (AvgIpc) is 2.47. The summed E-state index contributed by atoms with van der Waals surface area (Å²) in [4.78, 5) is 27.6. The van der Waals surface area contributed by atoms with Gasteiger partial charge in [0.05, 0.1) is 21.7 Å². The molecule has 0 aliphatic heterocycles. The van der Waals surface area contributed by atoms with E-state index in [0.717, 1.165) is 0 Å². The second kappa shape index (κ2) is 5.03. The van der Waals surface area contributed by atoms with Crippen molar-refractivity contribution in [1.29, 1.82) is 0 Å². The highest BCUT2D eigenvalue weighted by Crippen LogP contribution is 2.22. The summed E-state index contributed by atoms with van der Waals surface area (Å²) in [7, 11) is 0. The third-order valence-electron chi connectivity index (χ3n) is 3.06. The number of benzene rings is 2. The van der Waals surface area contributed by atoms with Crippen molar-refractivity contribution < 1.29 is 9.90 Å². The van der Waals surface area contributed by atoms with Crippen molar-refractivity contribution in [3.05, 3.63) is 69.6 Å². The fourth-order valence-electron chi connectivity index (χ4n) is 2.14. The van der Waals surface area contributed by atoms with E-state index >= 15 is 0 Å². The summed E-state index contributed by atoms with van der Waals surface area (Å²) in [6.07, 6.45) is 0. The molecule has 0 fully saturated rings. The minimum atomic E-state index is -1.37. The van der Waals surface area contributed by atoms with Crippen LogP contribution in [0.5, 0.6) is 0 Å². The van der Waals surface area contributed by atoms with Crippen LogP contribution in [0.25, 0.3) is 16.7 Å². The van der Waals surface area contributed by atoms with Gasteiger partial charge in [0.25, 0.3) is 5.56 Å². The zero-order valence-electron chi connectivity index (χ0n) is 10.7. The zero-order valence-corrected chi connectivity index (χ0v) is 11.4. The molecule has 104 valence electrons. The summed E-state index contributed by atoms with van der Waals surface area (Å²) in [6.45, 7) is 0. The molecular weight excluding hydrogens is 292 g/mol. The smallest absolute Gasteiger partial charge is 0.360 e. The first kappa shape index (κ1) is 13.3. The fraction of sp³-hybridized carbons (Fsp3) is 0. The Morgan fingerprint density at radius 3 is 2.48 bits per heavy atom. The maximum atomic E-state index is 12.4. The molecule has 3 aromatic rings. The van der Waals surface area contributed by atoms with Crippen LogP contribution in [-0.4, -0.2) is 20.6 Å². The molecule has 0 saturated carbocycles. The number of fused-ring (bicyclic) bond motifs is 1. The van der Waals surface area contributed by atoms with E-state index < -0.39 is 17.2 Å². The molecule has 0 aliphatic rings. The van der Waals surface area contributed by atoms with Crippen molar-refractivity contribution in [2.45, 2.75) is 0 Å². The van der Waals surface area contributed by atoms with Gasteiger partial charge in [0.15, 0.2) is 0 Å². The molecule has 0 atom stereocenters. The molecular formula is C15H9ClN2O3. The number of hydrogen-bond donors (Lipinski definition) is 1. The van der Waals surface area contributed by atoms with Gasteiger partial charge < -0.3 is 5.11 Å². The van der Waals surface area contributed by atoms with Gasteiger partial charge in [-0.1, -0.05) is 35.9 Å². The summed E-state index contributed by atoms with van der Waals surface area (Å²) >= 11 is 6.14. The Balaban J connectivity index is 2.51. The van der Waals surface area contributed by atoms with Gasteiger partial charge in [0, 0.05) is 0 Å². The van der Waals surface area contributed by atoms with E-state index in [0.29, 0.717) is 21.7 Å². The molecule has 0 unspecified atom stereocenters. The van der Waals surface area contributed by atoms with E-state index in [9.17, 15) is 9.59 Å². The van der Waals surface area contributed by atoms with E-state index in [1.807, 2.05) is 0 Å². The Bertz CT molecular complexity index is 918. The van der Waals surface area contributed by atoms with Gasteiger partial charge >= 0.3 is 5.97 Å². The molecule has 21 heavy (non-hydrogen) atoms. The quantitative estimate of drug-likeness (QED) is 0.790. The highest BCUT2D eigenvalue weighted by molar-refractivity contribution is 6.32. The van der Waals surface area contributed by atoms with E-state index in [4.69, 9.17) is 16.7 Å². The summed E-state index contributed by atoms with van der Waals surface area (Å²) in [6, 6.07) is 13.6. The van der Waals surface area contributed by atoms with Gasteiger partial charge in [0.1, 0.15) is 0 Å². The Hall–Kier alpha value is -2.66. The van der Waals surface area contributed by atoms with Crippen molar-refractivity contribution in [2.24, 2.45) is 0 Å². The average molecular weight is 301 g/mol. The number of hydrogen-bond acceptors (Lipinski definition) is 3. The molecule has 0 spiro atoms. The predicted octanol–water partition coefficient (Wildman–Crippen LogP) is 2.74. The van der Waals surface area contributed by atoms with Crippen LogP contribution in [0.1, 0.15) is 10.5 Å². The van der Waals surface area contributed by atoms with Crippen LogP contribution in [0.3, 0.4) is 0 Å². The van der Waals surface area contributed by atoms with Gasteiger partial charge in [-0.3, -0.25) is 9.36 Å². The Kier molecular flexibility index (Phi) is 3.19. The second-order valence-corrected chi connectivity index (χ2v) is 4.75. The maximum Gasteiger partial charge on any atom is 0.360 e. The van der Waals surface area contributed by atoms with Crippen molar-refractivity contribution in [3.8, 4) is 5.69 Å². The van der Waals surface area contributed by atoms with Crippen molar-refractivity contribution in [3.63, 3.8) is 0 Å². The van der Waals surface area contributed by atoms with Crippen LogP contribution in [0.15, 0.2) is 53.3 Å². The van der Waals surface area contributed by atoms with Crippen LogP contribution in [0.2, 0.25) is 5.02 Å². The normalized spacial score (nSPS) is 10.7. The molecule has 2 aromatic carbocycles. The van der Waals surface area contributed by atoms with Gasteiger partial charge in [-0.05, 0) is 24.3 Å². The van der Waals surface area contributed by atoms with Crippen LogP contribution < -0.4 is 5.56 Å². The molecule has 1 aromatic heterocycles. The Labute approximate surface area is 124 Å². The molecule has 0 radical (unpaired) electrons. The first-order valence-corrected chi connectivity index (χ1v) is 6.47. The number of aromatic carboxylic acids is 1. The topological polar surface area (TPSA) is 72.2 Å². The molecule has 0 bridgehead atoms. The van der Waals surface area contributed by atoms with E-state index in [1.54, 1.807) is 48.5 Å². The van der Waals surface area contributed by atoms with Crippen molar-refractivity contribution in [1.82, 2.24) is 9.55 Å². The van der Waals surface area contributed by atoms with Crippen LogP contribution >= 0.6 is 11.6 Å².